The highest BCUT2D eigenvalue weighted by atomic mass is 35.5. The van der Waals surface area contributed by atoms with Crippen LogP contribution in [0, 0.1) is 0 Å². The van der Waals surface area contributed by atoms with Crippen LogP contribution in [-0.2, 0) is 6.54 Å². The number of aromatic amines is 1. The van der Waals surface area contributed by atoms with Crippen LogP contribution in [0.15, 0.2) is 29.3 Å². The zero-order valence-corrected chi connectivity index (χ0v) is 13.6. The molecule has 120 valence electrons. The van der Waals surface area contributed by atoms with Gasteiger partial charge in [0.05, 0.1) is 24.4 Å². The molecule has 3 aromatic rings. The molecule has 0 unspecified atom stereocenters. The Labute approximate surface area is 138 Å². The number of nitrogens with zero attached hydrogens (tertiary/aromatic N) is 2. The summed E-state index contributed by atoms with van der Waals surface area (Å²) in [5, 5.41) is 3.79. The molecule has 2 aromatic heterocycles. The summed E-state index contributed by atoms with van der Waals surface area (Å²) in [7, 11) is 0. The summed E-state index contributed by atoms with van der Waals surface area (Å²) in [5.74, 6) is 0. The van der Waals surface area contributed by atoms with E-state index in [-0.39, 0.29) is 5.56 Å². The van der Waals surface area contributed by atoms with Gasteiger partial charge in [0.1, 0.15) is 37.2 Å². The van der Waals surface area contributed by atoms with E-state index in [1.807, 2.05) is 18.2 Å². The molecule has 0 radical (unpaired) electrons. The number of quaternary nitrogens is 2. The third kappa shape index (κ3) is 2.63. The number of hydrogen-bond donors (Lipinski definition) is 3. The van der Waals surface area contributed by atoms with Crippen molar-refractivity contribution in [2.75, 3.05) is 32.7 Å². The van der Waals surface area contributed by atoms with E-state index in [1.54, 1.807) is 15.8 Å². The second-order valence-corrected chi connectivity index (χ2v) is 6.53. The van der Waals surface area contributed by atoms with Gasteiger partial charge in [-0.1, -0.05) is 17.7 Å². The smallest absolute Gasteiger partial charge is 0.277 e. The van der Waals surface area contributed by atoms with Crippen molar-refractivity contribution in [2.24, 2.45) is 0 Å². The maximum Gasteiger partial charge on any atom is 0.277 e. The molecule has 23 heavy (non-hydrogen) atoms. The van der Waals surface area contributed by atoms with Crippen molar-refractivity contribution < 1.29 is 10.2 Å². The van der Waals surface area contributed by atoms with Crippen LogP contribution >= 0.6 is 11.6 Å². The maximum absolute atomic E-state index is 12.7. The Morgan fingerprint density at radius 2 is 2.17 bits per heavy atom. The van der Waals surface area contributed by atoms with Crippen LogP contribution in [0.1, 0.15) is 0 Å². The Balaban J connectivity index is 1.69. The first-order valence-electron chi connectivity index (χ1n) is 8.04. The Hall–Kier alpha value is -1.89. The lowest BCUT2D eigenvalue weighted by Gasteiger charge is -2.22. The molecular weight excluding hydrogens is 314 g/mol. The van der Waals surface area contributed by atoms with Crippen molar-refractivity contribution in [3.05, 3.63) is 39.9 Å². The van der Waals surface area contributed by atoms with Gasteiger partial charge >= 0.3 is 0 Å². The number of nitrogens with two attached hydrogens (primary N) is 1. The number of rotatable bonds is 3. The molecule has 1 aliphatic heterocycles. The highest BCUT2D eigenvalue weighted by molar-refractivity contribution is 6.37. The summed E-state index contributed by atoms with van der Waals surface area (Å²) in [6, 6.07) is 5.61. The molecular formula is C16H20ClN5O+2. The van der Waals surface area contributed by atoms with Gasteiger partial charge in [0.15, 0.2) is 0 Å². The molecule has 0 atom stereocenters. The minimum Gasteiger partial charge on any atom is -0.349 e. The molecule has 0 amide bonds. The summed E-state index contributed by atoms with van der Waals surface area (Å²) in [5.41, 5.74) is 2.03. The first kappa shape index (κ1) is 14.7. The number of hydrogen-bond acceptors (Lipinski definition) is 2. The monoisotopic (exact) mass is 333 g/mol. The first-order valence-corrected chi connectivity index (χ1v) is 8.42. The second kappa shape index (κ2) is 5.96. The standard InChI is InChI=1S/C16H18ClN5O/c17-11-2-1-3-12-13(11)14-15(20-12)16(23)22(10-19-14)9-8-21-6-4-18-5-7-21/h1-3,10,18,20H,4-9H2/p+2. The fourth-order valence-electron chi connectivity index (χ4n) is 3.36. The summed E-state index contributed by atoms with van der Waals surface area (Å²) in [6.45, 7) is 6.31. The van der Waals surface area contributed by atoms with Crippen LogP contribution in [0.5, 0.6) is 0 Å². The van der Waals surface area contributed by atoms with Crippen molar-refractivity contribution in [3.63, 3.8) is 0 Å². The molecule has 6 nitrogen and oxygen atoms in total. The molecule has 0 aliphatic carbocycles. The lowest BCUT2D eigenvalue weighted by Crippen LogP contribution is -3.20. The first-order chi connectivity index (χ1) is 11.2. The second-order valence-electron chi connectivity index (χ2n) is 6.12. The van der Waals surface area contributed by atoms with E-state index in [9.17, 15) is 4.79 Å². The molecule has 0 bridgehead atoms. The molecule has 0 saturated carbocycles. The number of piperazine rings is 1. The zero-order chi connectivity index (χ0) is 15.8. The highest BCUT2D eigenvalue weighted by Gasteiger charge is 2.17. The molecule has 1 aromatic carbocycles. The molecule has 4 N–H and O–H groups in total. The SMILES string of the molecule is O=c1c2[nH]c3cccc(Cl)c3c2ncn1CC[NH+]1CC[NH2+]CC1. The minimum absolute atomic E-state index is 0.0229. The third-order valence-electron chi connectivity index (χ3n) is 4.66. The van der Waals surface area contributed by atoms with E-state index in [2.05, 4.69) is 15.3 Å². The van der Waals surface area contributed by atoms with Crippen LogP contribution in [-0.4, -0.2) is 47.3 Å². The topological polar surface area (TPSA) is 71.7 Å². The zero-order valence-electron chi connectivity index (χ0n) is 12.8. The number of H-pyrrole nitrogens is 1. The van der Waals surface area contributed by atoms with Gasteiger partial charge in [0.2, 0.25) is 0 Å². The van der Waals surface area contributed by atoms with Gasteiger partial charge in [-0.25, -0.2) is 4.98 Å². The van der Waals surface area contributed by atoms with Gasteiger partial charge in [-0.3, -0.25) is 9.36 Å². The average molecular weight is 334 g/mol. The van der Waals surface area contributed by atoms with Gasteiger partial charge in [0.25, 0.3) is 5.56 Å². The molecule has 3 heterocycles. The summed E-state index contributed by atoms with van der Waals surface area (Å²) in [6.07, 6.45) is 1.65. The van der Waals surface area contributed by atoms with E-state index in [1.165, 1.54) is 13.1 Å². The van der Waals surface area contributed by atoms with Crippen LogP contribution in [0.25, 0.3) is 21.9 Å². The normalized spacial score (nSPS) is 16.4. The van der Waals surface area contributed by atoms with Crippen molar-refractivity contribution in [3.8, 4) is 0 Å². The largest absolute Gasteiger partial charge is 0.349 e. The van der Waals surface area contributed by atoms with Gasteiger partial charge in [-0.05, 0) is 12.1 Å². The van der Waals surface area contributed by atoms with Crippen molar-refractivity contribution in [2.45, 2.75) is 6.54 Å². The van der Waals surface area contributed by atoms with E-state index >= 15 is 0 Å². The molecule has 7 heteroatoms. The van der Waals surface area contributed by atoms with E-state index in [0.717, 1.165) is 30.5 Å². The van der Waals surface area contributed by atoms with Crippen LogP contribution < -0.4 is 15.8 Å². The van der Waals surface area contributed by atoms with Crippen molar-refractivity contribution >= 4 is 33.5 Å². The number of fused-ring (bicyclic) bond motifs is 3. The lowest BCUT2D eigenvalue weighted by atomic mass is 10.2. The molecule has 1 saturated heterocycles. The molecule has 0 spiro atoms. The quantitative estimate of drug-likeness (QED) is 0.575. The Morgan fingerprint density at radius 3 is 3.00 bits per heavy atom. The van der Waals surface area contributed by atoms with Gasteiger partial charge < -0.3 is 15.2 Å². The number of nitrogens with one attached hydrogen (secondary N) is 2. The minimum atomic E-state index is -0.0229. The van der Waals surface area contributed by atoms with Crippen LogP contribution in [0.3, 0.4) is 0 Å². The van der Waals surface area contributed by atoms with Crippen LogP contribution in [0.2, 0.25) is 5.02 Å². The fraction of sp³-hybridized carbons (Fsp3) is 0.375. The highest BCUT2D eigenvalue weighted by Crippen LogP contribution is 2.28. The van der Waals surface area contributed by atoms with E-state index in [4.69, 9.17) is 11.6 Å². The molecule has 1 fully saturated rings. The molecule has 1 aliphatic rings. The maximum atomic E-state index is 12.7. The Morgan fingerprint density at radius 1 is 1.35 bits per heavy atom. The van der Waals surface area contributed by atoms with Gasteiger partial charge in [-0.15, -0.1) is 0 Å². The van der Waals surface area contributed by atoms with Gasteiger partial charge in [0, 0.05) is 10.9 Å². The summed E-state index contributed by atoms with van der Waals surface area (Å²) in [4.78, 5) is 21.9. The third-order valence-corrected chi connectivity index (χ3v) is 4.97. The lowest BCUT2D eigenvalue weighted by molar-refractivity contribution is -0.947. The Bertz CT molecular complexity index is 910. The summed E-state index contributed by atoms with van der Waals surface area (Å²) < 4.78 is 1.71. The Kier molecular flexibility index (Phi) is 3.80. The van der Waals surface area contributed by atoms with Crippen molar-refractivity contribution in [1.82, 2.24) is 14.5 Å². The fourth-order valence-corrected chi connectivity index (χ4v) is 3.63. The number of halogens is 1. The summed E-state index contributed by atoms with van der Waals surface area (Å²) >= 11 is 6.26. The average Bonchev–Trinajstić information content (AvgIpc) is 2.96. The predicted octanol–water partition coefficient (Wildman–Crippen LogP) is -1.01. The predicted molar refractivity (Wildman–Crippen MR) is 90.1 cm³/mol. The van der Waals surface area contributed by atoms with E-state index < -0.39 is 0 Å². The van der Waals surface area contributed by atoms with E-state index in [0.29, 0.717) is 22.6 Å². The van der Waals surface area contributed by atoms with Crippen LogP contribution in [0.4, 0.5) is 0 Å². The molecule has 4 rings (SSSR count). The van der Waals surface area contributed by atoms with Gasteiger partial charge in [-0.2, -0.15) is 0 Å². The van der Waals surface area contributed by atoms with Crippen molar-refractivity contribution in [1.29, 1.82) is 0 Å². The number of benzene rings is 1. The number of aromatic nitrogens is 3.